The fourth-order valence-electron chi connectivity index (χ4n) is 4.32. The molecule has 8 heteroatoms. The highest BCUT2D eigenvalue weighted by molar-refractivity contribution is 5.90. The topological polar surface area (TPSA) is 98.9 Å². The molecule has 0 spiro atoms. The number of benzene rings is 1. The molecule has 0 bridgehead atoms. The van der Waals surface area contributed by atoms with E-state index in [0.717, 1.165) is 42.7 Å². The molecule has 3 aromatic rings. The number of rotatable bonds is 8. The summed E-state index contributed by atoms with van der Waals surface area (Å²) in [6, 6.07) is 12.5. The summed E-state index contributed by atoms with van der Waals surface area (Å²) in [4.78, 5) is 32.2. The molecule has 1 aliphatic heterocycles. The normalized spacial score (nSPS) is 16.4. The number of carboxylic acid groups (broad SMARTS) is 2. The van der Waals surface area contributed by atoms with Crippen molar-refractivity contribution in [3.8, 4) is 0 Å². The van der Waals surface area contributed by atoms with Gasteiger partial charge < -0.3 is 19.7 Å². The molecule has 1 fully saturated rings. The molecule has 2 N–H and O–H groups in total. The van der Waals surface area contributed by atoms with Crippen LogP contribution in [0.15, 0.2) is 54.9 Å². The van der Waals surface area contributed by atoms with Crippen LogP contribution in [0.2, 0.25) is 0 Å². The zero-order valence-electron chi connectivity index (χ0n) is 17.2. The predicted octanol–water partition coefficient (Wildman–Crippen LogP) is 2.11. The van der Waals surface area contributed by atoms with Crippen molar-refractivity contribution in [1.29, 1.82) is 0 Å². The molecule has 8 nitrogen and oxygen atoms in total. The van der Waals surface area contributed by atoms with Gasteiger partial charge in [-0.25, -0.2) is 0 Å². The first-order valence-corrected chi connectivity index (χ1v) is 10.4. The highest BCUT2D eigenvalue weighted by Crippen LogP contribution is 2.31. The van der Waals surface area contributed by atoms with Crippen LogP contribution in [0.25, 0.3) is 10.9 Å². The number of nitrogens with zero attached hydrogens (tertiary/aromatic N) is 4. The van der Waals surface area contributed by atoms with Gasteiger partial charge in [-0.15, -0.1) is 0 Å². The third kappa shape index (κ3) is 4.76. The second kappa shape index (κ2) is 9.28. The van der Waals surface area contributed by atoms with Crippen LogP contribution >= 0.6 is 0 Å². The number of para-hydroxylation sites is 1. The van der Waals surface area contributed by atoms with Gasteiger partial charge in [0.2, 0.25) is 0 Å². The number of pyridine rings is 1. The lowest BCUT2D eigenvalue weighted by atomic mass is 10.0. The van der Waals surface area contributed by atoms with Gasteiger partial charge in [0.25, 0.3) is 0 Å². The molecular formula is C23H26N4O4. The van der Waals surface area contributed by atoms with E-state index in [1.807, 2.05) is 47.4 Å². The monoisotopic (exact) mass is 422 g/mol. The summed E-state index contributed by atoms with van der Waals surface area (Å²) in [5.41, 5.74) is 2.44. The van der Waals surface area contributed by atoms with E-state index >= 15 is 0 Å². The maximum atomic E-state index is 12.3. The van der Waals surface area contributed by atoms with Gasteiger partial charge in [-0.05, 0) is 18.2 Å². The summed E-state index contributed by atoms with van der Waals surface area (Å²) in [7, 11) is 0. The average Bonchev–Trinajstić information content (AvgIpc) is 3.11. The lowest BCUT2D eigenvalue weighted by Gasteiger charge is -2.37. The molecular weight excluding hydrogens is 396 g/mol. The first kappa shape index (κ1) is 21.0. The Labute approximate surface area is 180 Å². The van der Waals surface area contributed by atoms with Gasteiger partial charge in [-0.3, -0.25) is 19.5 Å². The molecule has 0 amide bonds. The van der Waals surface area contributed by atoms with Gasteiger partial charge in [0, 0.05) is 73.7 Å². The van der Waals surface area contributed by atoms with Crippen molar-refractivity contribution < 1.29 is 19.8 Å². The number of fused-ring (bicyclic) bond motifs is 1. The summed E-state index contributed by atoms with van der Waals surface area (Å²) in [6.45, 7) is 3.53. The Kier molecular flexibility index (Phi) is 6.29. The van der Waals surface area contributed by atoms with E-state index in [4.69, 9.17) is 0 Å². The highest BCUT2D eigenvalue weighted by Gasteiger charge is 2.32. The molecule has 1 atom stereocenters. The molecule has 3 heterocycles. The van der Waals surface area contributed by atoms with E-state index in [-0.39, 0.29) is 6.54 Å². The van der Waals surface area contributed by atoms with Crippen LogP contribution in [-0.4, -0.2) is 74.2 Å². The van der Waals surface area contributed by atoms with Gasteiger partial charge in [-0.1, -0.05) is 24.3 Å². The maximum Gasteiger partial charge on any atom is 0.325 e. The second-order valence-electron chi connectivity index (χ2n) is 7.81. The number of piperazine rings is 1. The van der Waals surface area contributed by atoms with Crippen molar-refractivity contribution in [2.24, 2.45) is 0 Å². The molecule has 1 saturated heterocycles. The summed E-state index contributed by atoms with van der Waals surface area (Å²) >= 11 is 0. The van der Waals surface area contributed by atoms with Gasteiger partial charge in [0.1, 0.15) is 12.6 Å². The number of carboxylic acids is 2. The Morgan fingerprint density at radius 1 is 1.00 bits per heavy atom. The second-order valence-corrected chi connectivity index (χ2v) is 7.81. The van der Waals surface area contributed by atoms with Crippen LogP contribution in [0.4, 0.5) is 0 Å². The van der Waals surface area contributed by atoms with Crippen molar-refractivity contribution in [3.05, 3.63) is 66.1 Å². The van der Waals surface area contributed by atoms with Gasteiger partial charge >= 0.3 is 11.9 Å². The molecule has 162 valence electrons. The van der Waals surface area contributed by atoms with Crippen molar-refractivity contribution in [2.45, 2.75) is 19.0 Å². The molecule has 31 heavy (non-hydrogen) atoms. The summed E-state index contributed by atoms with van der Waals surface area (Å²) < 4.78 is 1.62. The smallest absolute Gasteiger partial charge is 0.325 e. The van der Waals surface area contributed by atoms with Gasteiger partial charge in [-0.2, -0.15) is 0 Å². The average molecular weight is 422 g/mol. The minimum Gasteiger partial charge on any atom is -0.480 e. The van der Waals surface area contributed by atoms with Crippen molar-refractivity contribution in [3.63, 3.8) is 0 Å². The van der Waals surface area contributed by atoms with Gasteiger partial charge in [0.15, 0.2) is 0 Å². The largest absolute Gasteiger partial charge is 0.480 e. The van der Waals surface area contributed by atoms with E-state index < -0.39 is 18.0 Å². The minimum atomic E-state index is -0.958. The molecule has 2 aromatic heterocycles. The minimum absolute atomic E-state index is 0.200. The van der Waals surface area contributed by atoms with Crippen molar-refractivity contribution in [1.82, 2.24) is 19.4 Å². The number of hydrogen-bond acceptors (Lipinski definition) is 5. The maximum absolute atomic E-state index is 12.3. The lowest BCUT2D eigenvalue weighted by Crippen LogP contribution is -2.49. The van der Waals surface area contributed by atoms with Crippen LogP contribution in [-0.2, 0) is 22.6 Å². The van der Waals surface area contributed by atoms with E-state index in [0.29, 0.717) is 18.7 Å². The van der Waals surface area contributed by atoms with E-state index in [9.17, 15) is 19.8 Å². The van der Waals surface area contributed by atoms with Crippen molar-refractivity contribution in [2.75, 3.05) is 32.7 Å². The third-order valence-corrected chi connectivity index (χ3v) is 5.84. The van der Waals surface area contributed by atoms with E-state index in [2.05, 4.69) is 9.88 Å². The van der Waals surface area contributed by atoms with Crippen LogP contribution < -0.4 is 0 Å². The summed E-state index contributed by atoms with van der Waals surface area (Å²) in [5, 5.41) is 20.1. The first-order valence-electron chi connectivity index (χ1n) is 10.4. The Hall–Kier alpha value is -3.23. The zero-order chi connectivity index (χ0) is 21.8. The number of carbonyl (C=O) groups is 2. The molecule has 4 rings (SSSR count). The Balaban J connectivity index is 1.49. The Morgan fingerprint density at radius 3 is 2.42 bits per heavy atom. The standard InChI is InChI=1S/C23H26N4O4/c28-21(29)16-27-15-19(18-6-1-2-7-20(18)27)22(23(30)31)26-13-11-25(12-14-26)10-8-17-5-3-4-9-24-17/h1-7,9,15,22H,8,10-14,16H2,(H,28,29)(H,30,31). The number of aliphatic carboxylic acids is 2. The quantitative estimate of drug-likeness (QED) is 0.574. The Bertz CT molecular complexity index is 1060. The van der Waals surface area contributed by atoms with Gasteiger partial charge in [0.05, 0.1) is 0 Å². The SMILES string of the molecule is O=C(O)Cn1cc(C(C(=O)O)N2CCN(CCc3ccccn3)CC2)c2ccccc21. The molecule has 1 aromatic carbocycles. The molecule has 0 saturated carbocycles. The predicted molar refractivity (Wildman–Crippen MR) is 116 cm³/mol. The van der Waals surface area contributed by atoms with E-state index in [1.54, 1.807) is 17.0 Å². The molecule has 1 unspecified atom stereocenters. The summed E-state index contributed by atoms with van der Waals surface area (Å²) in [5.74, 6) is -1.87. The van der Waals surface area contributed by atoms with Crippen LogP contribution in [0, 0.1) is 0 Å². The zero-order valence-corrected chi connectivity index (χ0v) is 17.2. The van der Waals surface area contributed by atoms with Crippen molar-refractivity contribution >= 4 is 22.8 Å². The number of hydrogen-bond donors (Lipinski definition) is 2. The molecule has 0 radical (unpaired) electrons. The summed E-state index contributed by atoms with van der Waals surface area (Å²) in [6.07, 6.45) is 4.35. The Morgan fingerprint density at radius 2 is 1.74 bits per heavy atom. The van der Waals surface area contributed by atoms with Crippen LogP contribution in [0.3, 0.4) is 0 Å². The molecule has 0 aliphatic carbocycles. The third-order valence-electron chi connectivity index (χ3n) is 5.84. The number of aromatic nitrogens is 2. The fraction of sp³-hybridized carbons (Fsp3) is 0.348. The molecule has 1 aliphatic rings. The highest BCUT2D eigenvalue weighted by atomic mass is 16.4. The lowest BCUT2D eigenvalue weighted by molar-refractivity contribution is -0.144. The van der Waals surface area contributed by atoms with Crippen LogP contribution in [0.1, 0.15) is 17.3 Å². The fourth-order valence-corrected chi connectivity index (χ4v) is 4.32. The van der Waals surface area contributed by atoms with E-state index in [1.165, 1.54) is 0 Å². The van der Waals surface area contributed by atoms with Crippen LogP contribution in [0.5, 0.6) is 0 Å². The first-order chi connectivity index (χ1) is 15.0.